The van der Waals surface area contributed by atoms with Crippen molar-refractivity contribution in [3.63, 3.8) is 0 Å². The first-order valence-electron chi connectivity index (χ1n) is 6.58. The van der Waals surface area contributed by atoms with Crippen LogP contribution in [0.3, 0.4) is 0 Å². The van der Waals surface area contributed by atoms with E-state index in [1.165, 1.54) is 38.5 Å². The highest BCUT2D eigenvalue weighted by Gasteiger charge is 2.50. The minimum Gasteiger partial charge on any atom is -0.515 e. The van der Waals surface area contributed by atoms with E-state index >= 15 is 0 Å². The highest BCUT2D eigenvalue weighted by molar-refractivity contribution is 6.01. The van der Waals surface area contributed by atoms with Crippen LogP contribution in [-0.4, -0.2) is 23.1 Å². The zero-order valence-electron chi connectivity index (χ0n) is 10.0. The molecule has 4 bridgehead atoms. The van der Waals surface area contributed by atoms with Crippen LogP contribution in [-0.2, 0) is 4.79 Å². The maximum absolute atomic E-state index is 10.6. The van der Waals surface area contributed by atoms with Crippen LogP contribution >= 0.6 is 0 Å². The zero-order chi connectivity index (χ0) is 11.9. The lowest BCUT2D eigenvalue weighted by molar-refractivity contribution is -0.104. The molecule has 4 fully saturated rings. The topological polar surface area (TPSA) is 49.7 Å². The molecule has 0 radical (unpaired) electrons. The van der Waals surface area contributed by atoms with E-state index in [0.717, 1.165) is 24.0 Å². The van der Waals surface area contributed by atoms with Crippen LogP contribution in [0.2, 0.25) is 0 Å². The first kappa shape index (κ1) is 11.0. The normalized spacial score (nSPS) is 44.5. The molecule has 0 saturated heterocycles. The van der Waals surface area contributed by atoms with Crippen LogP contribution in [0.15, 0.2) is 16.8 Å². The minimum atomic E-state index is 0.0893. The Bertz CT molecular complexity index is 348. The molecule has 0 aromatic rings. The molecule has 17 heavy (non-hydrogen) atoms. The van der Waals surface area contributed by atoms with Gasteiger partial charge in [0, 0.05) is 6.21 Å². The molecule has 0 heterocycles. The monoisotopic (exact) mass is 233 g/mol. The van der Waals surface area contributed by atoms with Gasteiger partial charge in [-0.15, -0.1) is 0 Å². The summed E-state index contributed by atoms with van der Waals surface area (Å²) < 4.78 is 0. The van der Waals surface area contributed by atoms with Crippen LogP contribution in [0.1, 0.15) is 38.5 Å². The zero-order valence-corrected chi connectivity index (χ0v) is 10.0. The summed E-state index contributed by atoms with van der Waals surface area (Å²) in [6.45, 7) is 0. The molecule has 3 nitrogen and oxygen atoms in total. The highest BCUT2D eigenvalue weighted by atomic mass is 16.2. The molecule has 0 aromatic heterocycles. The van der Waals surface area contributed by atoms with E-state index in [0.29, 0.717) is 6.29 Å². The van der Waals surface area contributed by atoms with Crippen molar-refractivity contribution in [2.24, 2.45) is 22.7 Å². The number of nitrogens with zero attached hydrogens (tertiary/aromatic N) is 1. The summed E-state index contributed by atoms with van der Waals surface area (Å²) in [6, 6.07) is 0. The van der Waals surface area contributed by atoms with Crippen LogP contribution < -0.4 is 0 Å². The third-order valence-electron chi connectivity index (χ3n) is 4.78. The molecule has 0 amide bonds. The van der Waals surface area contributed by atoms with Crippen LogP contribution in [0.5, 0.6) is 0 Å². The van der Waals surface area contributed by atoms with E-state index in [4.69, 9.17) is 5.11 Å². The van der Waals surface area contributed by atoms with Crippen molar-refractivity contribution in [2.45, 2.75) is 44.1 Å². The molecular formula is C14H19NO2. The first-order chi connectivity index (χ1) is 8.23. The number of carbonyl (C=O) groups is 1. The van der Waals surface area contributed by atoms with Crippen molar-refractivity contribution < 1.29 is 9.90 Å². The number of aliphatic hydroxyl groups excluding tert-OH is 1. The van der Waals surface area contributed by atoms with Gasteiger partial charge in [0.05, 0.1) is 17.4 Å². The number of aliphatic imine (C=N–C) groups is 1. The summed E-state index contributed by atoms with van der Waals surface area (Å²) in [7, 11) is 0. The maximum Gasteiger partial charge on any atom is 0.154 e. The molecule has 0 atom stereocenters. The molecule has 92 valence electrons. The lowest BCUT2D eigenvalue weighted by atomic mass is 9.53. The van der Waals surface area contributed by atoms with Gasteiger partial charge in [-0.05, 0) is 56.3 Å². The van der Waals surface area contributed by atoms with E-state index in [1.54, 1.807) is 6.21 Å². The second-order valence-electron chi connectivity index (χ2n) is 6.15. The van der Waals surface area contributed by atoms with Gasteiger partial charge in [0.2, 0.25) is 0 Å². The van der Waals surface area contributed by atoms with Crippen molar-refractivity contribution in [3.05, 3.63) is 11.8 Å². The van der Waals surface area contributed by atoms with Gasteiger partial charge in [0.25, 0.3) is 0 Å². The van der Waals surface area contributed by atoms with Crippen LogP contribution in [0, 0.1) is 17.8 Å². The SMILES string of the molecule is O=C/C(C=NC12CC3CC(CC(C3)C1)C2)=C/O. The van der Waals surface area contributed by atoms with E-state index in [-0.39, 0.29) is 11.1 Å². The average Bonchev–Trinajstić information content (AvgIpc) is 2.28. The predicted octanol–water partition coefficient (Wildman–Crippen LogP) is 2.67. The molecule has 1 N–H and O–H groups in total. The van der Waals surface area contributed by atoms with Crippen molar-refractivity contribution in [1.29, 1.82) is 0 Å². The van der Waals surface area contributed by atoms with E-state index in [9.17, 15) is 4.79 Å². The molecule has 4 saturated carbocycles. The van der Waals surface area contributed by atoms with Gasteiger partial charge in [-0.1, -0.05) is 0 Å². The van der Waals surface area contributed by atoms with E-state index < -0.39 is 0 Å². The summed E-state index contributed by atoms with van der Waals surface area (Å²) in [4.78, 5) is 15.3. The summed E-state index contributed by atoms with van der Waals surface area (Å²) in [6.07, 6.45) is 10.8. The lowest BCUT2D eigenvalue weighted by Crippen LogP contribution is -2.49. The van der Waals surface area contributed by atoms with E-state index in [1.807, 2.05) is 0 Å². The van der Waals surface area contributed by atoms with Gasteiger partial charge < -0.3 is 5.11 Å². The van der Waals surface area contributed by atoms with Crippen molar-refractivity contribution in [3.8, 4) is 0 Å². The number of hydrogen-bond acceptors (Lipinski definition) is 3. The average molecular weight is 233 g/mol. The molecule has 0 aromatic carbocycles. The quantitative estimate of drug-likeness (QED) is 0.352. The van der Waals surface area contributed by atoms with Crippen molar-refractivity contribution >= 4 is 12.5 Å². The Kier molecular flexibility index (Phi) is 2.57. The number of rotatable bonds is 3. The van der Waals surface area contributed by atoms with Crippen molar-refractivity contribution in [1.82, 2.24) is 0 Å². The second kappa shape index (κ2) is 3.97. The Morgan fingerprint density at radius 3 is 2.06 bits per heavy atom. The fraction of sp³-hybridized carbons (Fsp3) is 0.714. The molecule has 4 aliphatic carbocycles. The minimum absolute atomic E-state index is 0.0893. The molecule has 3 heteroatoms. The largest absolute Gasteiger partial charge is 0.515 e. The first-order valence-corrected chi connectivity index (χ1v) is 6.58. The standard InChI is InChI=1S/C14H19NO2/c16-8-13(9-17)7-15-14-4-10-1-11(5-14)3-12(2-10)6-14/h7-12,16H,1-6H2/b13-8+,15-7?. The fourth-order valence-corrected chi connectivity index (χ4v) is 4.53. The van der Waals surface area contributed by atoms with E-state index in [2.05, 4.69) is 4.99 Å². The summed E-state index contributed by atoms with van der Waals surface area (Å²) >= 11 is 0. The Morgan fingerprint density at radius 1 is 1.12 bits per heavy atom. The Labute approximate surface area is 102 Å². The van der Waals surface area contributed by atoms with Gasteiger partial charge in [-0.2, -0.15) is 0 Å². The van der Waals surface area contributed by atoms with Crippen molar-refractivity contribution in [2.75, 3.05) is 0 Å². The number of aliphatic hydroxyl groups is 1. The highest BCUT2D eigenvalue weighted by Crippen LogP contribution is 2.57. The number of hydrogen-bond donors (Lipinski definition) is 1. The predicted molar refractivity (Wildman–Crippen MR) is 66.2 cm³/mol. The molecule has 0 unspecified atom stereocenters. The summed E-state index contributed by atoms with van der Waals surface area (Å²) in [5.74, 6) is 2.57. The van der Waals surface area contributed by atoms with Gasteiger partial charge >= 0.3 is 0 Å². The van der Waals surface area contributed by atoms with Gasteiger partial charge in [0.1, 0.15) is 0 Å². The molecule has 0 spiro atoms. The molecule has 4 rings (SSSR count). The summed E-state index contributed by atoms with van der Waals surface area (Å²) in [5.41, 5.74) is 0.368. The third kappa shape index (κ3) is 1.92. The smallest absolute Gasteiger partial charge is 0.154 e. The van der Waals surface area contributed by atoms with Crippen LogP contribution in [0.4, 0.5) is 0 Å². The number of allylic oxidation sites excluding steroid dienone is 1. The van der Waals surface area contributed by atoms with Gasteiger partial charge in [0.15, 0.2) is 6.29 Å². The lowest BCUT2D eigenvalue weighted by Gasteiger charge is -2.54. The third-order valence-corrected chi connectivity index (χ3v) is 4.78. The van der Waals surface area contributed by atoms with Gasteiger partial charge in [-0.3, -0.25) is 9.79 Å². The Balaban J connectivity index is 1.80. The summed E-state index contributed by atoms with van der Waals surface area (Å²) in [5, 5.41) is 8.85. The number of carbonyl (C=O) groups excluding carboxylic acids is 1. The molecule has 0 aliphatic heterocycles. The molecular weight excluding hydrogens is 214 g/mol. The fourth-order valence-electron chi connectivity index (χ4n) is 4.53. The Morgan fingerprint density at radius 2 is 1.65 bits per heavy atom. The maximum atomic E-state index is 10.6. The van der Waals surface area contributed by atoms with Crippen LogP contribution in [0.25, 0.3) is 0 Å². The van der Waals surface area contributed by atoms with Gasteiger partial charge in [-0.25, -0.2) is 0 Å². The molecule has 4 aliphatic rings. The Hall–Kier alpha value is -1.12. The number of aldehydes is 1. The second-order valence-corrected chi connectivity index (χ2v) is 6.15.